The van der Waals surface area contributed by atoms with Crippen molar-refractivity contribution in [2.24, 2.45) is 7.05 Å². The number of aryl methyl sites for hydroxylation is 1. The third-order valence-electron chi connectivity index (χ3n) is 3.16. The van der Waals surface area contributed by atoms with E-state index in [-0.39, 0.29) is 11.4 Å². The summed E-state index contributed by atoms with van der Waals surface area (Å²) in [6, 6.07) is 5.94. The van der Waals surface area contributed by atoms with Gasteiger partial charge in [0, 0.05) is 19.2 Å². The number of alkyl halides is 2. The third kappa shape index (κ3) is 3.88. The molecule has 0 saturated heterocycles. The Hall–Kier alpha value is -1.94. The second-order valence-electron chi connectivity index (χ2n) is 4.91. The van der Waals surface area contributed by atoms with E-state index in [1.54, 1.807) is 20.0 Å². The molecule has 0 bridgehead atoms. The van der Waals surface area contributed by atoms with E-state index < -0.39 is 23.0 Å². The summed E-state index contributed by atoms with van der Waals surface area (Å²) in [5, 5.41) is 11.0. The summed E-state index contributed by atoms with van der Waals surface area (Å²) in [6.07, 6.45) is -2.29. The molecule has 126 valence electrons. The zero-order chi connectivity index (χ0) is 17.0. The van der Waals surface area contributed by atoms with Gasteiger partial charge in [0.05, 0.1) is 11.4 Å². The van der Waals surface area contributed by atoms with E-state index in [1.807, 2.05) is 0 Å². The summed E-state index contributed by atoms with van der Waals surface area (Å²) < 4.78 is 52.7. The molecular weight excluding hydrogens is 328 g/mol. The van der Waals surface area contributed by atoms with Gasteiger partial charge in [-0.2, -0.15) is 4.31 Å². The fraction of sp³-hybridized carbons (Fsp3) is 0.462. The predicted molar refractivity (Wildman–Crippen MR) is 79.3 cm³/mol. The monoisotopic (exact) mass is 345 g/mol. The molecular formula is C13H17F2N5O2S. The molecule has 23 heavy (non-hydrogen) atoms. The molecule has 1 aromatic carbocycles. The Morgan fingerprint density at radius 2 is 2.09 bits per heavy atom. The van der Waals surface area contributed by atoms with Crippen LogP contribution in [0.1, 0.15) is 13.3 Å². The predicted octanol–water partition coefficient (Wildman–Crippen LogP) is 1.54. The molecule has 0 atom stereocenters. The zero-order valence-corrected chi connectivity index (χ0v) is 13.5. The van der Waals surface area contributed by atoms with E-state index in [0.717, 1.165) is 4.31 Å². The van der Waals surface area contributed by atoms with Crippen LogP contribution in [0, 0.1) is 0 Å². The van der Waals surface area contributed by atoms with Crippen molar-refractivity contribution < 1.29 is 17.2 Å². The lowest BCUT2D eigenvalue weighted by molar-refractivity contribution is 0.119. The molecule has 0 unspecified atom stereocenters. The van der Waals surface area contributed by atoms with Gasteiger partial charge in [-0.3, -0.25) is 0 Å². The number of nitrogens with zero attached hydrogens (tertiary/aromatic N) is 5. The van der Waals surface area contributed by atoms with Crippen molar-refractivity contribution in [3.63, 3.8) is 0 Å². The summed E-state index contributed by atoms with van der Waals surface area (Å²) in [7, 11) is -2.39. The SMILES string of the molecule is CCCN(CC(F)F)S(=O)(=O)c1cccc(-c2nnnn2C)c1. The standard InChI is InChI=1S/C13H17F2N5O2S/c1-3-7-20(9-12(14)15)23(21,22)11-6-4-5-10(8-11)13-16-17-18-19(13)2/h4-6,8,12H,3,7,9H2,1-2H3. The molecule has 0 N–H and O–H groups in total. The molecule has 0 spiro atoms. The van der Waals surface area contributed by atoms with Crippen molar-refractivity contribution in [3.05, 3.63) is 24.3 Å². The van der Waals surface area contributed by atoms with Gasteiger partial charge in [-0.25, -0.2) is 21.9 Å². The highest BCUT2D eigenvalue weighted by Crippen LogP contribution is 2.23. The minimum absolute atomic E-state index is 0.0302. The van der Waals surface area contributed by atoms with Gasteiger partial charge in [-0.05, 0) is 29.0 Å². The first-order valence-electron chi connectivity index (χ1n) is 6.97. The van der Waals surface area contributed by atoms with Gasteiger partial charge in [0.25, 0.3) is 6.43 Å². The Bertz CT molecular complexity index is 763. The first-order valence-corrected chi connectivity index (χ1v) is 8.41. The highest BCUT2D eigenvalue weighted by molar-refractivity contribution is 7.89. The second kappa shape index (κ2) is 7.09. The Labute approximate surface area is 133 Å². The summed E-state index contributed by atoms with van der Waals surface area (Å²) >= 11 is 0. The molecule has 2 aromatic rings. The third-order valence-corrected chi connectivity index (χ3v) is 5.03. The van der Waals surface area contributed by atoms with Gasteiger partial charge < -0.3 is 0 Å². The molecule has 0 amide bonds. The molecule has 7 nitrogen and oxygen atoms in total. The minimum Gasteiger partial charge on any atom is -0.229 e. The number of hydrogen-bond donors (Lipinski definition) is 0. The number of hydrogen-bond acceptors (Lipinski definition) is 5. The topological polar surface area (TPSA) is 81.0 Å². The van der Waals surface area contributed by atoms with Crippen molar-refractivity contribution in [3.8, 4) is 11.4 Å². The van der Waals surface area contributed by atoms with Gasteiger partial charge in [-0.15, -0.1) is 5.10 Å². The molecule has 0 aliphatic carbocycles. The van der Waals surface area contributed by atoms with Crippen molar-refractivity contribution in [2.45, 2.75) is 24.7 Å². The zero-order valence-electron chi connectivity index (χ0n) is 12.7. The van der Waals surface area contributed by atoms with Gasteiger partial charge in [0.15, 0.2) is 5.82 Å². The molecule has 1 heterocycles. The summed E-state index contributed by atoms with van der Waals surface area (Å²) in [5.41, 5.74) is 0.493. The Morgan fingerprint density at radius 3 is 2.65 bits per heavy atom. The molecule has 0 fully saturated rings. The molecule has 0 aliphatic rings. The van der Waals surface area contributed by atoms with Crippen molar-refractivity contribution in [1.29, 1.82) is 0 Å². The summed E-state index contributed by atoms with van der Waals surface area (Å²) in [4.78, 5) is -0.0629. The summed E-state index contributed by atoms with van der Waals surface area (Å²) in [5.74, 6) is 0.387. The van der Waals surface area contributed by atoms with Gasteiger partial charge in [0.2, 0.25) is 10.0 Å². The number of tetrazole rings is 1. The van der Waals surface area contributed by atoms with Crippen molar-refractivity contribution in [2.75, 3.05) is 13.1 Å². The Balaban J connectivity index is 2.41. The first-order chi connectivity index (χ1) is 10.9. The Kier molecular flexibility index (Phi) is 5.37. The second-order valence-corrected chi connectivity index (χ2v) is 6.85. The number of aromatic nitrogens is 4. The van der Waals surface area contributed by atoms with Crippen molar-refractivity contribution >= 4 is 10.0 Å². The van der Waals surface area contributed by atoms with Crippen molar-refractivity contribution in [1.82, 2.24) is 24.5 Å². The van der Waals surface area contributed by atoms with Crippen LogP contribution in [0.15, 0.2) is 29.2 Å². The van der Waals surface area contributed by atoms with Crippen LogP contribution >= 0.6 is 0 Å². The number of benzene rings is 1. The van der Waals surface area contributed by atoms with Gasteiger partial charge in [0.1, 0.15) is 0 Å². The van der Waals surface area contributed by atoms with E-state index in [2.05, 4.69) is 15.5 Å². The van der Waals surface area contributed by atoms with Gasteiger partial charge in [-0.1, -0.05) is 19.1 Å². The lowest BCUT2D eigenvalue weighted by atomic mass is 10.2. The fourth-order valence-electron chi connectivity index (χ4n) is 2.13. The first kappa shape index (κ1) is 17.4. The molecule has 1 aromatic heterocycles. The smallest absolute Gasteiger partial charge is 0.229 e. The quantitative estimate of drug-likeness (QED) is 0.760. The molecule has 0 aliphatic heterocycles. The van der Waals surface area contributed by atoms with Crippen LogP contribution in [0.3, 0.4) is 0 Å². The fourth-order valence-corrected chi connectivity index (χ4v) is 3.69. The largest absolute Gasteiger partial charge is 0.252 e. The van der Waals surface area contributed by atoms with Crippen LogP contribution < -0.4 is 0 Å². The van der Waals surface area contributed by atoms with E-state index in [1.165, 1.54) is 22.9 Å². The lowest BCUT2D eigenvalue weighted by Gasteiger charge is -2.21. The van der Waals surface area contributed by atoms with Crippen LogP contribution in [0.25, 0.3) is 11.4 Å². The van der Waals surface area contributed by atoms with Crippen LogP contribution in [-0.2, 0) is 17.1 Å². The van der Waals surface area contributed by atoms with Crippen LogP contribution in [0.2, 0.25) is 0 Å². The normalized spacial score (nSPS) is 12.3. The average molecular weight is 345 g/mol. The van der Waals surface area contributed by atoms with E-state index >= 15 is 0 Å². The number of sulfonamides is 1. The molecule has 2 rings (SSSR count). The van der Waals surface area contributed by atoms with E-state index in [4.69, 9.17) is 0 Å². The average Bonchev–Trinajstić information content (AvgIpc) is 2.92. The minimum atomic E-state index is -4.01. The van der Waals surface area contributed by atoms with Gasteiger partial charge >= 0.3 is 0 Å². The van der Waals surface area contributed by atoms with Crippen LogP contribution in [0.5, 0.6) is 0 Å². The van der Waals surface area contributed by atoms with E-state index in [9.17, 15) is 17.2 Å². The highest BCUT2D eigenvalue weighted by atomic mass is 32.2. The molecule has 10 heteroatoms. The molecule has 0 saturated carbocycles. The number of halogens is 2. The maximum absolute atomic E-state index is 12.7. The Morgan fingerprint density at radius 1 is 1.35 bits per heavy atom. The number of rotatable bonds is 7. The lowest BCUT2D eigenvalue weighted by Crippen LogP contribution is -2.35. The van der Waals surface area contributed by atoms with E-state index in [0.29, 0.717) is 17.8 Å². The maximum atomic E-state index is 12.7. The van der Waals surface area contributed by atoms with Crippen LogP contribution in [0.4, 0.5) is 8.78 Å². The maximum Gasteiger partial charge on any atom is 0.252 e. The molecule has 0 radical (unpaired) electrons. The summed E-state index contributed by atoms with van der Waals surface area (Å²) in [6.45, 7) is 0.934. The highest BCUT2D eigenvalue weighted by Gasteiger charge is 2.27. The van der Waals surface area contributed by atoms with Crippen LogP contribution in [-0.4, -0.2) is 52.4 Å².